The fourth-order valence-corrected chi connectivity index (χ4v) is 3.58. The van der Waals surface area contributed by atoms with E-state index in [9.17, 15) is 9.90 Å². The Kier molecular flexibility index (Phi) is 6.93. The molecule has 1 N–H and O–H groups in total. The fraction of sp³-hybridized carbons (Fsp3) is 0.455. The van der Waals surface area contributed by atoms with Gasteiger partial charge in [0.1, 0.15) is 30.2 Å². The summed E-state index contributed by atoms with van der Waals surface area (Å²) in [6.45, 7) is 6.12. The summed E-state index contributed by atoms with van der Waals surface area (Å²) in [5, 5.41) is 10.4. The van der Waals surface area contributed by atoms with Crippen LogP contribution in [-0.4, -0.2) is 68.5 Å². The zero-order valence-electron chi connectivity index (χ0n) is 16.6. The number of nitrogens with zero attached hydrogens (tertiary/aromatic N) is 2. The number of para-hydroxylation sites is 2. The van der Waals surface area contributed by atoms with Crippen molar-refractivity contribution < 1.29 is 19.4 Å². The molecule has 0 bridgehead atoms. The van der Waals surface area contributed by atoms with E-state index in [0.717, 1.165) is 43.2 Å². The van der Waals surface area contributed by atoms with Crippen LogP contribution in [0.25, 0.3) is 0 Å². The van der Waals surface area contributed by atoms with E-state index < -0.39 is 6.10 Å². The van der Waals surface area contributed by atoms with Gasteiger partial charge >= 0.3 is 0 Å². The molecule has 1 aliphatic carbocycles. The molecule has 1 saturated heterocycles. The van der Waals surface area contributed by atoms with Crippen molar-refractivity contribution in [2.45, 2.75) is 19.4 Å². The van der Waals surface area contributed by atoms with Gasteiger partial charge in [0.05, 0.1) is 12.8 Å². The van der Waals surface area contributed by atoms with Gasteiger partial charge in [-0.1, -0.05) is 18.2 Å². The first-order valence-corrected chi connectivity index (χ1v) is 9.65. The van der Waals surface area contributed by atoms with E-state index in [1.807, 2.05) is 43.2 Å². The Morgan fingerprint density at radius 1 is 1.21 bits per heavy atom. The van der Waals surface area contributed by atoms with E-state index in [1.165, 1.54) is 0 Å². The molecule has 28 heavy (non-hydrogen) atoms. The maximum atomic E-state index is 10.9. The molecule has 0 spiro atoms. The third kappa shape index (κ3) is 4.84. The summed E-state index contributed by atoms with van der Waals surface area (Å²) in [4.78, 5) is 15.5. The molecule has 1 unspecified atom stereocenters. The lowest BCUT2D eigenvalue weighted by Crippen LogP contribution is -2.49. The van der Waals surface area contributed by atoms with Crippen molar-refractivity contribution in [3.8, 4) is 5.75 Å². The van der Waals surface area contributed by atoms with Gasteiger partial charge in [-0.05, 0) is 25.1 Å². The van der Waals surface area contributed by atoms with Gasteiger partial charge in [-0.15, -0.1) is 0 Å². The highest BCUT2D eigenvalue weighted by Gasteiger charge is 2.22. The quantitative estimate of drug-likeness (QED) is 0.727. The Labute approximate surface area is 166 Å². The topological polar surface area (TPSA) is 62.2 Å². The van der Waals surface area contributed by atoms with Crippen molar-refractivity contribution >= 4 is 11.6 Å². The molecule has 6 heteroatoms. The van der Waals surface area contributed by atoms with E-state index in [4.69, 9.17) is 9.47 Å². The number of piperazine rings is 1. The lowest BCUT2D eigenvalue weighted by Gasteiger charge is -2.37. The second kappa shape index (κ2) is 9.60. The summed E-state index contributed by atoms with van der Waals surface area (Å²) in [7, 11) is 1.69. The monoisotopic (exact) mass is 384 g/mol. The molecule has 1 atom stereocenters. The molecule has 0 radical (unpaired) electrons. The number of β-amino-alcohol motifs (C(OH)–C–C–N with tert-alkyl or cyclic N) is 1. The maximum Gasteiger partial charge on any atom is 0.142 e. The first-order chi connectivity index (χ1) is 13.6. The van der Waals surface area contributed by atoms with Crippen LogP contribution < -0.4 is 9.64 Å². The smallest absolute Gasteiger partial charge is 0.142 e. The second-order valence-corrected chi connectivity index (χ2v) is 7.10. The standard InChI is InChI=1S/C22H28N2O4/c1-17-18(15-25)6-5-9-21(17)28-16-19(26)14-23-10-12-24(13-11-23)20-7-3-4-8-22(20)27-2/h3-5,7-9,19,26H,6,10-14,16H2,1-2H3. The van der Waals surface area contributed by atoms with Crippen LogP contribution in [0.4, 0.5) is 5.69 Å². The van der Waals surface area contributed by atoms with Crippen LogP contribution in [-0.2, 0) is 9.53 Å². The largest absolute Gasteiger partial charge is 0.495 e. The van der Waals surface area contributed by atoms with Crippen molar-refractivity contribution in [2.24, 2.45) is 0 Å². The molecule has 0 aromatic heterocycles. The number of ether oxygens (including phenoxy) is 2. The lowest BCUT2D eigenvalue weighted by atomic mass is 10.00. The van der Waals surface area contributed by atoms with E-state index in [-0.39, 0.29) is 6.61 Å². The predicted octanol–water partition coefficient (Wildman–Crippen LogP) is 2.19. The number of allylic oxidation sites excluding steroid dienone is 4. The van der Waals surface area contributed by atoms with Crippen LogP contribution >= 0.6 is 0 Å². The summed E-state index contributed by atoms with van der Waals surface area (Å²) in [6, 6.07) is 8.05. The van der Waals surface area contributed by atoms with Gasteiger partial charge in [0.15, 0.2) is 0 Å². The van der Waals surface area contributed by atoms with E-state index in [0.29, 0.717) is 24.3 Å². The number of rotatable bonds is 7. The lowest BCUT2D eigenvalue weighted by molar-refractivity contribution is 0.0437. The third-order valence-corrected chi connectivity index (χ3v) is 5.23. The first-order valence-electron chi connectivity index (χ1n) is 9.65. The predicted molar refractivity (Wildman–Crippen MR) is 109 cm³/mol. The molecule has 1 aromatic rings. The molecular formula is C22H28N2O4. The normalized spacial score (nSPS) is 18.8. The number of methoxy groups -OCH3 is 1. The van der Waals surface area contributed by atoms with Gasteiger partial charge in [-0.25, -0.2) is 4.79 Å². The zero-order valence-corrected chi connectivity index (χ0v) is 16.6. The SMILES string of the molecule is COc1ccccc1N1CCN(CC(O)COC2=C(C)C(=C=O)CC=C2)CC1. The number of aliphatic hydroxyl groups is 1. The molecule has 1 heterocycles. The molecular weight excluding hydrogens is 356 g/mol. The van der Waals surface area contributed by atoms with Gasteiger partial charge in [0.25, 0.3) is 0 Å². The number of benzene rings is 1. The minimum absolute atomic E-state index is 0.204. The molecule has 1 aliphatic heterocycles. The van der Waals surface area contributed by atoms with Gasteiger partial charge in [-0.2, -0.15) is 0 Å². The van der Waals surface area contributed by atoms with Crippen LogP contribution in [0.3, 0.4) is 0 Å². The zero-order chi connectivity index (χ0) is 19.9. The van der Waals surface area contributed by atoms with Gasteiger partial charge < -0.3 is 19.5 Å². The average molecular weight is 384 g/mol. The number of hydrogen-bond acceptors (Lipinski definition) is 6. The summed E-state index contributed by atoms with van der Waals surface area (Å²) in [5.41, 5.74) is 2.52. The van der Waals surface area contributed by atoms with Crippen molar-refractivity contribution in [3.63, 3.8) is 0 Å². The molecule has 0 saturated carbocycles. The highest BCUT2D eigenvalue weighted by molar-refractivity contribution is 5.63. The van der Waals surface area contributed by atoms with Crippen molar-refractivity contribution in [2.75, 3.05) is 51.3 Å². The number of anilines is 1. The first kappa shape index (κ1) is 20.2. The molecule has 0 amide bonds. The molecule has 1 fully saturated rings. The average Bonchev–Trinajstić information content (AvgIpc) is 2.73. The number of hydrogen-bond donors (Lipinski definition) is 1. The summed E-state index contributed by atoms with van der Waals surface area (Å²) in [5.74, 6) is 3.49. The van der Waals surface area contributed by atoms with Gasteiger partial charge in [0, 0.05) is 50.3 Å². The maximum absolute atomic E-state index is 10.9. The summed E-state index contributed by atoms with van der Waals surface area (Å²) in [6.07, 6.45) is 3.74. The Balaban J connectivity index is 1.47. The molecule has 6 nitrogen and oxygen atoms in total. The van der Waals surface area contributed by atoms with Crippen LogP contribution in [0.15, 0.2) is 53.3 Å². The second-order valence-electron chi connectivity index (χ2n) is 7.10. The number of aliphatic hydroxyl groups excluding tert-OH is 1. The van der Waals surface area contributed by atoms with E-state index in [2.05, 4.69) is 15.9 Å². The molecule has 3 rings (SSSR count). The Bertz CT molecular complexity index is 787. The van der Waals surface area contributed by atoms with Crippen molar-refractivity contribution in [3.05, 3.63) is 53.3 Å². The van der Waals surface area contributed by atoms with Gasteiger partial charge in [-0.3, -0.25) is 4.90 Å². The highest BCUT2D eigenvalue weighted by atomic mass is 16.5. The summed E-state index contributed by atoms with van der Waals surface area (Å²) >= 11 is 0. The van der Waals surface area contributed by atoms with Crippen molar-refractivity contribution in [1.29, 1.82) is 0 Å². The highest BCUT2D eigenvalue weighted by Crippen LogP contribution is 2.28. The third-order valence-electron chi connectivity index (χ3n) is 5.23. The summed E-state index contributed by atoms with van der Waals surface area (Å²) < 4.78 is 11.2. The van der Waals surface area contributed by atoms with Crippen molar-refractivity contribution in [1.82, 2.24) is 4.90 Å². The minimum Gasteiger partial charge on any atom is -0.495 e. The van der Waals surface area contributed by atoms with Crippen LogP contribution in [0.1, 0.15) is 13.3 Å². The van der Waals surface area contributed by atoms with Crippen LogP contribution in [0.5, 0.6) is 5.75 Å². The van der Waals surface area contributed by atoms with E-state index in [1.54, 1.807) is 7.11 Å². The molecule has 2 aliphatic rings. The fourth-order valence-electron chi connectivity index (χ4n) is 3.58. The number of carbonyl (C=O) groups excluding carboxylic acids is 1. The van der Waals surface area contributed by atoms with Crippen LogP contribution in [0.2, 0.25) is 0 Å². The van der Waals surface area contributed by atoms with E-state index >= 15 is 0 Å². The molecule has 150 valence electrons. The minimum atomic E-state index is -0.586. The van der Waals surface area contributed by atoms with Crippen LogP contribution in [0, 0.1) is 0 Å². The molecule has 1 aromatic carbocycles. The Morgan fingerprint density at radius 3 is 2.68 bits per heavy atom. The van der Waals surface area contributed by atoms with Gasteiger partial charge in [0.2, 0.25) is 0 Å². The Morgan fingerprint density at radius 2 is 1.96 bits per heavy atom. The Hall–Kier alpha value is -2.53.